The van der Waals surface area contributed by atoms with Gasteiger partial charge in [0.2, 0.25) is 5.71 Å². The molecular weight excluding hydrogens is 530 g/mol. The van der Waals surface area contributed by atoms with E-state index in [1.165, 1.54) is 41.8 Å². The summed E-state index contributed by atoms with van der Waals surface area (Å²) in [6.07, 6.45) is 1.39. The van der Waals surface area contributed by atoms with Crippen LogP contribution in [0.3, 0.4) is 0 Å². The first-order chi connectivity index (χ1) is 18.5. The number of β-lactam (4-membered cyclic amide) rings is 1. The molecule has 1 saturated heterocycles. The van der Waals surface area contributed by atoms with Crippen LogP contribution in [0, 0.1) is 0 Å². The highest BCUT2D eigenvalue weighted by molar-refractivity contribution is 8.06. The van der Waals surface area contributed by atoms with Crippen LogP contribution in [0.4, 0.5) is 0 Å². The predicted octanol–water partition coefficient (Wildman–Crippen LogP) is 4.02. The van der Waals surface area contributed by atoms with Crippen LogP contribution in [0.2, 0.25) is 0 Å². The molecule has 10 nitrogen and oxygen atoms in total. The highest BCUT2D eigenvalue weighted by atomic mass is 32.2. The van der Waals surface area contributed by atoms with Gasteiger partial charge in [-0.3, -0.25) is 14.5 Å². The predicted molar refractivity (Wildman–Crippen MR) is 142 cm³/mol. The fourth-order valence-electron chi connectivity index (χ4n) is 4.49. The molecule has 0 radical (unpaired) electrons. The van der Waals surface area contributed by atoms with Gasteiger partial charge in [0.05, 0.1) is 6.26 Å². The van der Waals surface area contributed by atoms with Crippen molar-refractivity contribution < 1.29 is 33.2 Å². The highest BCUT2D eigenvalue weighted by Crippen LogP contribution is 2.45. The molecule has 192 valence electrons. The summed E-state index contributed by atoms with van der Waals surface area (Å²) in [6, 6.07) is 15.6. The fraction of sp³-hybridized carbons (Fsp3) is 0.154. The Morgan fingerprint density at radius 3 is 2.74 bits per heavy atom. The van der Waals surface area contributed by atoms with Crippen molar-refractivity contribution in [2.75, 3.05) is 12.9 Å². The maximum absolute atomic E-state index is 13.1. The Labute approximate surface area is 223 Å². The number of carbonyl (C=O) groups is 3. The van der Waals surface area contributed by atoms with Crippen LogP contribution in [0.5, 0.6) is 0 Å². The van der Waals surface area contributed by atoms with Gasteiger partial charge in [0.1, 0.15) is 35.4 Å². The van der Waals surface area contributed by atoms with Gasteiger partial charge in [-0.25, -0.2) is 4.79 Å². The number of thioether (sulfide) groups is 2. The minimum Gasteiger partial charge on any atom is -0.477 e. The van der Waals surface area contributed by atoms with Gasteiger partial charge in [-0.05, 0) is 36.4 Å². The molecule has 0 bridgehead atoms. The number of nitrogens with zero attached hydrogens (tertiary/aromatic N) is 2. The minimum atomic E-state index is -1.21. The monoisotopic (exact) mass is 549 g/mol. The lowest BCUT2D eigenvalue weighted by Crippen LogP contribution is -2.71. The number of fused-ring (bicyclic) bond motifs is 4. The summed E-state index contributed by atoms with van der Waals surface area (Å²) in [5.41, 5.74) is 1.31. The number of hydrogen-bond donors (Lipinski definition) is 2. The van der Waals surface area contributed by atoms with Crippen molar-refractivity contribution in [1.82, 2.24) is 10.2 Å². The summed E-state index contributed by atoms with van der Waals surface area (Å²) in [5, 5.41) is 17.7. The van der Waals surface area contributed by atoms with Crippen molar-refractivity contribution in [3.63, 3.8) is 0 Å². The molecule has 4 aromatic rings. The van der Waals surface area contributed by atoms with Crippen molar-refractivity contribution in [3.05, 3.63) is 77.2 Å². The molecule has 0 saturated carbocycles. The Balaban J connectivity index is 1.25. The lowest BCUT2D eigenvalue weighted by Gasteiger charge is -2.49. The zero-order chi connectivity index (χ0) is 26.4. The van der Waals surface area contributed by atoms with Crippen LogP contribution >= 0.6 is 23.5 Å². The number of benzene rings is 2. The molecule has 2 amide bonds. The molecule has 38 heavy (non-hydrogen) atoms. The minimum absolute atomic E-state index is 0.0804. The number of carbonyl (C=O) groups excluding carboxylic acids is 2. The van der Waals surface area contributed by atoms with Crippen LogP contribution in [0.25, 0.3) is 21.9 Å². The lowest BCUT2D eigenvalue weighted by atomic mass is 10.0. The van der Waals surface area contributed by atoms with Gasteiger partial charge < -0.3 is 24.1 Å². The van der Waals surface area contributed by atoms with E-state index in [4.69, 9.17) is 13.7 Å². The van der Waals surface area contributed by atoms with Gasteiger partial charge in [-0.15, -0.1) is 11.8 Å². The Morgan fingerprint density at radius 2 is 1.97 bits per heavy atom. The van der Waals surface area contributed by atoms with Crippen molar-refractivity contribution in [1.29, 1.82) is 0 Å². The summed E-state index contributed by atoms with van der Waals surface area (Å²) in [4.78, 5) is 45.6. The highest BCUT2D eigenvalue weighted by Gasteiger charge is 2.54. The van der Waals surface area contributed by atoms with Crippen molar-refractivity contribution in [3.8, 4) is 0 Å². The first-order valence-electron chi connectivity index (χ1n) is 11.4. The van der Waals surface area contributed by atoms with E-state index < -0.39 is 29.2 Å². The van der Waals surface area contributed by atoms with E-state index in [-0.39, 0.29) is 17.2 Å². The number of rotatable bonds is 7. The molecule has 1 fully saturated rings. The number of nitrogens with one attached hydrogen (secondary N) is 1. The smallest absolute Gasteiger partial charge is 0.353 e. The molecule has 2 aromatic carbocycles. The molecule has 0 unspecified atom stereocenters. The van der Waals surface area contributed by atoms with Gasteiger partial charge in [0.15, 0.2) is 5.76 Å². The van der Waals surface area contributed by atoms with Crippen LogP contribution < -0.4 is 5.32 Å². The number of para-hydroxylation sites is 1. The summed E-state index contributed by atoms with van der Waals surface area (Å²) in [7, 11) is 1.29. The molecule has 2 aliphatic heterocycles. The molecule has 2 aromatic heterocycles. The van der Waals surface area contributed by atoms with Crippen molar-refractivity contribution in [2.45, 2.75) is 16.3 Å². The number of amides is 2. The first-order valence-corrected chi connectivity index (χ1v) is 13.3. The summed E-state index contributed by atoms with van der Waals surface area (Å²) in [5.74, 6) is -1.85. The third-order valence-corrected chi connectivity index (χ3v) is 8.70. The SMILES string of the molecule is CON=C(C(=O)N[C@@H]1C(=O)N2C(C(=O)O)=C(Sc3ccc4oc5ccccc5c4c3)CS[C@@H]12)c1ccco1. The molecule has 2 N–H and O–H groups in total. The Morgan fingerprint density at radius 1 is 1.16 bits per heavy atom. The lowest BCUT2D eigenvalue weighted by molar-refractivity contribution is -0.150. The van der Waals surface area contributed by atoms with E-state index in [0.717, 1.165) is 26.8 Å². The summed E-state index contributed by atoms with van der Waals surface area (Å²) in [6.45, 7) is 0. The van der Waals surface area contributed by atoms with Crippen molar-refractivity contribution in [2.24, 2.45) is 5.16 Å². The maximum Gasteiger partial charge on any atom is 0.353 e. The molecule has 2 aliphatic rings. The Bertz CT molecular complexity index is 1660. The van der Waals surface area contributed by atoms with Gasteiger partial charge >= 0.3 is 5.97 Å². The Hall–Kier alpha value is -4.16. The van der Waals surface area contributed by atoms with E-state index >= 15 is 0 Å². The van der Waals surface area contributed by atoms with E-state index in [2.05, 4.69) is 10.5 Å². The normalized spacial score (nSPS) is 19.4. The second-order valence-electron chi connectivity index (χ2n) is 8.40. The summed E-state index contributed by atoms with van der Waals surface area (Å²) >= 11 is 2.68. The maximum atomic E-state index is 13.1. The van der Waals surface area contributed by atoms with Gasteiger partial charge in [-0.2, -0.15) is 0 Å². The third kappa shape index (κ3) is 4.02. The second kappa shape index (κ2) is 9.62. The van der Waals surface area contributed by atoms with E-state index in [1.54, 1.807) is 12.1 Å². The van der Waals surface area contributed by atoms with Crippen LogP contribution in [-0.4, -0.2) is 57.8 Å². The molecule has 2 atom stereocenters. The largest absolute Gasteiger partial charge is 0.477 e. The summed E-state index contributed by atoms with van der Waals surface area (Å²) < 4.78 is 11.1. The zero-order valence-corrected chi connectivity index (χ0v) is 21.4. The average molecular weight is 550 g/mol. The molecule has 4 heterocycles. The molecule has 6 rings (SSSR count). The van der Waals surface area contributed by atoms with E-state index in [0.29, 0.717) is 10.7 Å². The first kappa shape index (κ1) is 24.2. The van der Waals surface area contributed by atoms with Gasteiger partial charge in [-0.1, -0.05) is 35.1 Å². The number of carboxylic acids is 1. The third-order valence-electron chi connectivity index (χ3n) is 6.16. The molecule has 12 heteroatoms. The second-order valence-corrected chi connectivity index (χ2v) is 10.7. The van der Waals surface area contributed by atoms with Gasteiger partial charge in [0, 0.05) is 26.3 Å². The quantitative estimate of drug-likeness (QED) is 0.199. The number of furan rings is 2. The average Bonchev–Trinajstić information content (AvgIpc) is 3.58. The Kier molecular flexibility index (Phi) is 6.12. The number of aliphatic carboxylic acids is 1. The topological polar surface area (TPSA) is 135 Å². The van der Waals surface area contributed by atoms with Crippen molar-refractivity contribution >= 4 is 69.0 Å². The van der Waals surface area contributed by atoms with Crippen LogP contribution in [0.15, 0.2) is 90.3 Å². The number of oxime groups is 1. The fourth-order valence-corrected chi connectivity index (χ4v) is 7.01. The number of hydrogen-bond acceptors (Lipinski definition) is 9. The standard InChI is InChI=1S/C26H19N3O7S2/c1-34-28-20(18-7-4-10-35-18)23(30)27-21-24(31)29-22(26(32)33)19(12-37-25(21)29)38-13-8-9-17-15(11-13)14-5-2-3-6-16(14)36-17/h2-11,21,25H,12H2,1H3,(H,27,30)(H,32,33)/t21-,25+/m1/s1. The molecular formula is C26H19N3O7S2. The van der Waals surface area contributed by atoms with E-state index in [9.17, 15) is 19.5 Å². The van der Waals surface area contributed by atoms with Crippen LogP contribution in [0.1, 0.15) is 5.76 Å². The van der Waals surface area contributed by atoms with E-state index in [1.807, 2.05) is 42.5 Å². The molecule has 0 spiro atoms. The van der Waals surface area contributed by atoms with Gasteiger partial charge in [0.25, 0.3) is 11.8 Å². The number of carboxylic acid groups (broad SMARTS) is 1. The van der Waals surface area contributed by atoms with Crippen LogP contribution in [-0.2, 0) is 19.2 Å². The zero-order valence-electron chi connectivity index (χ0n) is 19.7. The molecule has 0 aliphatic carbocycles.